The van der Waals surface area contributed by atoms with Gasteiger partial charge in [-0.3, -0.25) is 0 Å². The van der Waals surface area contributed by atoms with E-state index in [2.05, 4.69) is 33.1 Å². The third-order valence-electron chi connectivity index (χ3n) is 8.69. The first-order valence-corrected chi connectivity index (χ1v) is 24.6. The standard InChI is InChI=1S/C36H78OSi2/c1-6-7-8-9-10-11-12-13-14-15-16-17-18-19-20-21-22-23-24-25-26-27-28-29-30-31-32-33-34-35-36-39(4,5)37-38(2)3/h38H,6-36H2,1-5H3. The minimum absolute atomic E-state index is 0.842. The van der Waals surface area contributed by atoms with E-state index >= 15 is 0 Å². The summed E-state index contributed by atoms with van der Waals surface area (Å²) in [5, 5.41) is 0. The summed E-state index contributed by atoms with van der Waals surface area (Å²) in [5.41, 5.74) is 0. The fourth-order valence-electron chi connectivity index (χ4n) is 6.27. The first-order valence-electron chi connectivity index (χ1n) is 18.7. The quantitative estimate of drug-likeness (QED) is 0.0552. The van der Waals surface area contributed by atoms with Crippen molar-refractivity contribution >= 4 is 17.4 Å². The maximum Gasteiger partial charge on any atom is 0.173 e. The van der Waals surface area contributed by atoms with Crippen LogP contribution < -0.4 is 0 Å². The molecule has 0 aromatic heterocycles. The summed E-state index contributed by atoms with van der Waals surface area (Å²) in [4.78, 5) is 0. The van der Waals surface area contributed by atoms with Crippen LogP contribution in [-0.4, -0.2) is 17.4 Å². The van der Waals surface area contributed by atoms with E-state index in [0.29, 0.717) is 0 Å². The topological polar surface area (TPSA) is 9.23 Å². The molecular weight excluding hydrogens is 505 g/mol. The highest BCUT2D eigenvalue weighted by Crippen LogP contribution is 2.19. The molecular formula is C36H78OSi2. The van der Waals surface area contributed by atoms with Gasteiger partial charge < -0.3 is 4.12 Å². The lowest BCUT2D eigenvalue weighted by molar-refractivity contribution is 0.512. The van der Waals surface area contributed by atoms with Crippen LogP contribution in [0, 0.1) is 0 Å². The summed E-state index contributed by atoms with van der Waals surface area (Å²) in [6.07, 6.45) is 44.2. The summed E-state index contributed by atoms with van der Waals surface area (Å²) in [5.74, 6) is 0. The second kappa shape index (κ2) is 31.3. The molecule has 0 rings (SSSR count). The normalized spacial score (nSPS) is 12.2. The van der Waals surface area contributed by atoms with Crippen LogP contribution in [-0.2, 0) is 4.12 Å². The summed E-state index contributed by atoms with van der Waals surface area (Å²) in [6, 6.07) is 1.37. The molecule has 0 aliphatic carbocycles. The van der Waals surface area contributed by atoms with Crippen molar-refractivity contribution in [3.63, 3.8) is 0 Å². The third kappa shape index (κ3) is 34.5. The van der Waals surface area contributed by atoms with E-state index in [0.717, 1.165) is 0 Å². The second-order valence-corrected chi connectivity index (χ2v) is 21.0. The Kier molecular flexibility index (Phi) is 31.6. The molecule has 0 N–H and O–H groups in total. The van der Waals surface area contributed by atoms with Gasteiger partial charge in [0.15, 0.2) is 17.4 Å². The van der Waals surface area contributed by atoms with Crippen molar-refractivity contribution in [3.8, 4) is 0 Å². The fourth-order valence-corrected chi connectivity index (χ4v) is 12.9. The van der Waals surface area contributed by atoms with Crippen LogP contribution >= 0.6 is 0 Å². The summed E-state index contributed by atoms with van der Waals surface area (Å²) < 4.78 is 6.28. The zero-order chi connectivity index (χ0) is 28.7. The monoisotopic (exact) mass is 583 g/mol. The zero-order valence-corrected chi connectivity index (χ0v) is 30.6. The number of unbranched alkanes of at least 4 members (excludes halogenated alkanes) is 29. The van der Waals surface area contributed by atoms with Crippen LogP contribution in [0.25, 0.3) is 0 Å². The Morgan fingerprint density at radius 2 is 0.564 bits per heavy atom. The lowest BCUT2D eigenvalue weighted by atomic mass is 10.0. The molecule has 3 heteroatoms. The van der Waals surface area contributed by atoms with Crippen molar-refractivity contribution < 1.29 is 4.12 Å². The largest absolute Gasteiger partial charge is 0.458 e. The van der Waals surface area contributed by atoms with E-state index in [9.17, 15) is 0 Å². The van der Waals surface area contributed by atoms with E-state index in [-0.39, 0.29) is 0 Å². The van der Waals surface area contributed by atoms with Crippen LogP contribution in [0.1, 0.15) is 200 Å². The van der Waals surface area contributed by atoms with Crippen LogP contribution in [0.3, 0.4) is 0 Å². The van der Waals surface area contributed by atoms with E-state index in [4.69, 9.17) is 4.12 Å². The van der Waals surface area contributed by atoms with E-state index in [1.54, 1.807) is 0 Å². The van der Waals surface area contributed by atoms with E-state index in [1.807, 2.05) is 0 Å². The molecule has 0 heterocycles. The maximum atomic E-state index is 6.28. The van der Waals surface area contributed by atoms with Gasteiger partial charge in [0.25, 0.3) is 0 Å². The Bertz CT molecular complexity index is 451. The van der Waals surface area contributed by atoms with Crippen molar-refractivity contribution in [3.05, 3.63) is 0 Å². The Morgan fingerprint density at radius 3 is 0.769 bits per heavy atom. The Hall–Kier alpha value is 0.394. The minimum atomic E-state index is -1.33. The summed E-state index contributed by atoms with van der Waals surface area (Å²) in [7, 11) is -2.17. The third-order valence-corrected chi connectivity index (χ3v) is 14.7. The molecule has 0 atom stereocenters. The molecule has 39 heavy (non-hydrogen) atoms. The molecule has 0 aliphatic heterocycles. The Labute approximate surface area is 252 Å². The maximum absolute atomic E-state index is 6.28. The van der Waals surface area contributed by atoms with Gasteiger partial charge in [-0.05, 0) is 32.2 Å². The first-order chi connectivity index (χ1) is 19.0. The number of rotatable bonds is 33. The van der Waals surface area contributed by atoms with Crippen LogP contribution in [0.5, 0.6) is 0 Å². The number of hydrogen-bond donors (Lipinski definition) is 0. The lowest BCUT2D eigenvalue weighted by Crippen LogP contribution is -2.34. The average Bonchev–Trinajstić information content (AvgIpc) is 2.89. The number of hydrogen-bond acceptors (Lipinski definition) is 1. The van der Waals surface area contributed by atoms with Crippen LogP contribution in [0.4, 0.5) is 0 Å². The first kappa shape index (κ1) is 39.4. The van der Waals surface area contributed by atoms with Crippen LogP contribution in [0.15, 0.2) is 0 Å². The molecule has 0 unspecified atom stereocenters. The molecule has 0 saturated carbocycles. The lowest BCUT2D eigenvalue weighted by Gasteiger charge is -2.25. The van der Waals surface area contributed by atoms with Gasteiger partial charge in [-0.1, -0.05) is 200 Å². The van der Waals surface area contributed by atoms with Crippen molar-refractivity contribution in [1.82, 2.24) is 0 Å². The molecule has 0 amide bonds. The van der Waals surface area contributed by atoms with Gasteiger partial charge in [-0.2, -0.15) is 0 Å². The van der Waals surface area contributed by atoms with Gasteiger partial charge in [0.2, 0.25) is 0 Å². The smallest absolute Gasteiger partial charge is 0.173 e. The van der Waals surface area contributed by atoms with Gasteiger partial charge >= 0.3 is 0 Å². The van der Waals surface area contributed by atoms with E-state index in [1.165, 1.54) is 199 Å². The highest BCUT2D eigenvalue weighted by atomic mass is 28.4. The van der Waals surface area contributed by atoms with Crippen molar-refractivity contribution in [1.29, 1.82) is 0 Å². The van der Waals surface area contributed by atoms with Crippen molar-refractivity contribution in [2.45, 2.75) is 232 Å². The molecule has 0 bridgehead atoms. The predicted molar refractivity (Wildman–Crippen MR) is 186 cm³/mol. The van der Waals surface area contributed by atoms with E-state index < -0.39 is 17.4 Å². The molecule has 0 saturated heterocycles. The Balaban J connectivity index is 3.10. The minimum Gasteiger partial charge on any atom is -0.458 e. The molecule has 0 spiro atoms. The molecule has 0 aromatic carbocycles. The molecule has 0 fully saturated rings. The highest BCUT2D eigenvalue weighted by molar-refractivity contribution is 6.77. The summed E-state index contributed by atoms with van der Waals surface area (Å²) in [6.45, 7) is 11.8. The molecule has 0 radical (unpaired) electrons. The predicted octanol–water partition coefficient (Wildman–Crippen LogP) is 13.9. The van der Waals surface area contributed by atoms with Crippen molar-refractivity contribution in [2.24, 2.45) is 0 Å². The zero-order valence-electron chi connectivity index (χ0n) is 28.4. The SMILES string of the molecule is CCCCCCCCCCCCCCCCCCCCCCCCCCCCCCCC[Si](C)(C)O[SiH](C)C. The van der Waals surface area contributed by atoms with Gasteiger partial charge in [0.1, 0.15) is 0 Å². The molecule has 0 aromatic rings. The van der Waals surface area contributed by atoms with Gasteiger partial charge in [0.05, 0.1) is 0 Å². The molecule has 0 aliphatic rings. The fraction of sp³-hybridized carbons (Fsp3) is 1.00. The molecule has 236 valence electrons. The highest BCUT2D eigenvalue weighted by Gasteiger charge is 2.22. The average molecular weight is 583 g/mol. The van der Waals surface area contributed by atoms with Crippen LogP contribution in [0.2, 0.25) is 32.2 Å². The molecule has 1 nitrogen and oxygen atoms in total. The Morgan fingerprint density at radius 1 is 0.359 bits per heavy atom. The van der Waals surface area contributed by atoms with Gasteiger partial charge in [-0.15, -0.1) is 0 Å². The van der Waals surface area contributed by atoms with Crippen molar-refractivity contribution in [2.75, 3.05) is 0 Å². The second-order valence-electron chi connectivity index (χ2n) is 13.9. The summed E-state index contributed by atoms with van der Waals surface area (Å²) >= 11 is 0. The van der Waals surface area contributed by atoms with Gasteiger partial charge in [0, 0.05) is 0 Å². The van der Waals surface area contributed by atoms with Gasteiger partial charge in [-0.25, -0.2) is 0 Å².